The lowest BCUT2D eigenvalue weighted by Gasteiger charge is -2.16. The van der Waals surface area contributed by atoms with E-state index in [9.17, 15) is 8.42 Å². The van der Waals surface area contributed by atoms with E-state index < -0.39 is 9.84 Å². The molecule has 102 valence electrons. The quantitative estimate of drug-likeness (QED) is 0.868. The molecule has 0 aliphatic heterocycles. The third-order valence-electron chi connectivity index (χ3n) is 2.76. The minimum Gasteiger partial charge on any atom is -0.381 e. The summed E-state index contributed by atoms with van der Waals surface area (Å²) in [5.41, 5.74) is 0.684. The van der Waals surface area contributed by atoms with Crippen molar-refractivity contribution < 1.29 is 8.42 Å². The minimum atomic E-state index is -3.19. The number of halogens is 1. The molecule has 18 heavy (non-hydrogen) atoms. The number of hydrogen-bond acceptors (Lipinski definition) is 3. The summed E-state index contributed by atoms with van der Waals surface area (Å²) in [6.07, 6.45) is 4.51. The van der Waals surface area contributed by atoms with Gasteiger partial charge in [-0.25, -0.2) is 8.42 Å². The molecule has 0 radical (unpaired) electrons. The van der Waals surface area contributed by atoms with Crippen molar-refractivity contribution in [3.63, 3.8) is 0 Å². The fraction of sp³-hybridized carbons (Fsp3) is 0.538. The molecular weight excluding hydrogens is 270 g/mol. The Morgan fingerprint density at radius 3 is 2.61 bits per heavy atom. The van der Waals surface area contributed by atoms with Gasteiger partial charge in [-0.15, -0.1) is 0 Å². The van der Waals surface area contributed by atoms with Gasteiger partial charge >= 0.3 is 0 Å². The van der Waals surface area contributed by atoms with Gasteiger partial charge < -0.3 is 5.32 Å². The van der Waals surface area contributed by atoms with Crippen molar-refractivity contribution >= 4 is 27.1 Å². The van der Waals surface area contributed by atoms with Crippen molar-refractivity contribution in [2.75, 3.05) is 11.6 Å². The highest BCUT2D eigenvalue weighted by Gasteiger charge is 2.11. The maximum absolute atomic E-state index is 11.5. The number of anilines is 1. The van der Waals surface area contributed by atoms with E-state index in [-0.39, 0.29) is 10.9 Å². The van der Waals surface area contributed by atoms with Crippen LogP contribution in [0.5, 0.6) is 0 Å². The number of sulfone groups is 1. The van der Waals surface area contributed by atoms with Gasteiger partial charge in [0.05, 0.1) is 15.6 Å². The van der Waals surface area contributed by atoms with Crippen LogP contribution in [-0.4, -0.2) is 20.7 Å². The third-order valence-corrected chi connectivity index (χ3v) is 4.20. The van der Waals surface area contributed by atoms with Gasteiger partial charge in [0.15, 0.2) is 9.84 Å². The summed E-state index contributed by atoms with van der Waals surface area (Å²) in [6, 6.07) is 5.02. The van der Waals surface area contributed by atoms with Gasteiger partial charge in [0.25, 0.3) is 0 Å². The SMILES string of the molecule is CCCCC(C)Nc1cc(S(C)(=O)=O)ccc1Cl. The van der Waals surface area contributed by atoms with Crippen molar-refractivity contribution in [2.45, 2.75) is 44.0 Å². The zero-order chi connectivity index (χ0) is 13.8. The topological polar surface area (TPSA) is 46.2 Å². The number of unbranched alkanes of at least 4 members (excludes halogenated alkanes) is 1. The highest BCUT2D eigenvalue weighted by molar-refractivity contribution is 7.90. The summed E-state index contributed by atoms with van der Waals surface area (Å²) in [5.74, 6) is 0. The summed E-state index contributed by atoms with van der Waals surface area (Å²) in [4.78, 5) is 0.289. The maximum atomic E-state index is 11.5. The van der Waals surface area contributed by atoms with E-state index in [0.717, 1.165) is 19.3 Å². The van der Waals surface area contributed by atoms with Crippen molar-refractivity contribution in [1.29, 1.82) is 0 Å². The second-order valence-electron chi connectivity index (χ2n) is 4.60. The minimum absolute atomic E-state index is 0.275. The lowest BCUT2D eigenvalue weighted by Crippen LogP contribution is -2.15. The molecule has 3 nitrogen and oxygen atoms in total. The van der Waals surface area contributed by atoms with E-state index in [0.29, 0.717) is 10.7 Å². The van der Waals surface area contributed by atoms with E-state index in [4.69, 9.17) is 11.6 Å². The fourth-order valence-corrected chi connectivity index (χ4v) is 2.51. The lowest BCUT2D eigenvalue weighted by molar-refractivity contribution is 0.602. The van der Waals surface area contributed by atoms with Crippen molar-refractivity contribution in [1.82, 2.24) is 0 Å². The van der Waals surface area contributed by atoms with Gasteiger partial charge in [-0.2, -0.15) is 0 Å². The Morgan fingerprint density at radius 1 is 1.39 bits per heavy atom. The van der Waals surface area contributed by atoms with Crippen molar-refractivity contribution in [3.05, 3.63) is 23.2 Å². The number of benzene rings is 1. The first-order valence-electron chi connectivity index (χ1n) is 6.10. The van der Waals surface area contributed by atoms with Gasteiger partial charge in [-0.3, -0.25) is 0 Å². The van der Waals surface area contributed by atoms with E-state index in [1.165, 1.54) is 12.3 Å². The standard InChI is InChI=1S/C13H20ClNO2S/c1-4-5-6-10(2)15-13-9-11(18(3,16)17)7-8-12(13)14/h7-10,15H,4-6H2,1-3H3. The zero-order valence-corrected chi connectivity index (χ0v) is 12.6. The van der Waals surface area contributed by atoms with Crippen LogP contribution in [0.15, 0.2) is 23.1 Å². The Bertz CT molecular complexity index is 500. The zero-order valence-electron chi connectivity index (χ0n) is 11.0. The molecule has 0 aromatic heterocycles. The number of nitrogens with one attached hydrogen (secondary N) is 1. The molecule has 0 fully saturated rings. The molecule has 1 aromatic carbocycles. The van der Waals surface area contributed by atoms with Crippen LogP contribution >= 0.6 is 11.6 Å². The van der Waals surface area contributed by atoms with Crippen LogP contribution in [0, 0.1) is 0 Å². The molecule has 1 unspecified atom stereocenters. The van der Waals surface area contributed by atoms with Crippen LogP contribution in [0.1, 0.15) is 33.1 Å². The molecule has 0 amide bonds. The predicted molar refractivity (Wildman–Crippen MR) is 77.2 cm³/mol. The predicted octanol–water partition coefficient (Wildman–Crippen LogP) is 3.73. The molecular formula is C13H20ClNO2S. The van der Waals surface area contributed by atoms with Crippen molar-refractivity contribution in [2.24, 2.45) is 0 Å². The molecule has 0 heterocycles. The van der Waals surface area contributed by atoms with Gasteiger partial charge in [0, 0.05) is 12.3 Å². The number of hydrogen-bond donors (Lipinski definition) is 1. The Kier molecular flexibility index (Phi) is 5.47. The average molecular weight is 290 g/mol. The van der Waals surface area contributed by atoms with Crippen LogP contribution in [0.4, 0.5) is 5.69 Å². The molecule has 0 saturated heterocycles. The molecule has 1 aromatic rings. The van der Waals surface area contributed by atoms with Gasteiger partial charge in [-0.1, -0.05) is 31.4 Å². The summed E-state index contributed by atoms with van der Waals surface area (Å²) in [6.45, 7) is 4.21. The molecule has 0 aliphatic carbocycles. The van der Waals surface area contributed by atoms with E-state index in [2.05, 4.69) is 19.2 Å². The molecule has 0 aliphatic rings. The second-order valence-corrected chi connectivity index (χ2v) is 7.02. The van der Waals surface area contributed by atoms with Crippen LogP contribution in [0.2, 0.25) is 5.02 Å². The third kappa shape index (κ3) is 4.50. The van der Waals surface area contributed by atoms with Crippen LogP contribution in [-0.2, 0) is 9.84 Å². The Hall–Kier alpha value is -0.740. The Labute approximate surface area is 114 Å². The fourth-order valence-electron chi connectivity index (χ4n) is 1.69. The first-order valence-corrected chi connectivity index (χ1v) is 8.37. The monoisotopic (exact) mass is 289 g/mol. The normalized spacial score (nSPS) is 13.3. The smallest absolute Gasteiger partial charge is 0.175 e. The van der Waals surface area contributed by atoms with E-state index >= 15 is 0 Å². The van der Waals surface area contributed by atoms with Gasteiger partial charge in [0.2, 0.25) is 0 Å². The second kappa shape index (κ2) is 6.43. The molecule has 1 N–H and O–H groups in total. The number of rotatable bonds is 6. The lowest BCUT2D eigenvalue weighted by atomic mass is 10.1. The highest BCUT2D eigenvalue weighted by Crippen LogP contribution is 2.26. The summed E-state index contributed by atoms with van der Waals surface area (Å²) < 4.78 is 23.0. The molecule has 0 bridgehead atoms. The molecule has 0 spiro atoms. The van der Waals surface area contributed by atoms with Crippen LogP contribution in [0.25, 0.3) is 0 Å². The van der Waals surface area contributed by atoms with E-state index in [1.54, 1.807) is 12.1 Å². The molecule has 1 atom stereocenters. The van der Waals surface area contributed by atoms with E-state index in [1.807, 2.05) is 0 Å². The van der Waals surface area contributed by atoms with Crippen molar-refractivity contribution in [3.8, 4) is 0 Å². The Balaban J connectivity index is 2.88. The average Bonchev–Trinajstić information content (AvgIpc) is 2.28. The summed E-state index contributed by atoms with van der Waals surface area (Å²) in [5, 5.41) is 3.81. The molecule has 5 heteroatoms. The van der Waals surface area contributed by atoms with Crippen LogP contribution < -0.4 is 5.32 Å². The maximum Gasteiger partial charge on any atom is 0.175 e. The van der Waals surface area contributed by atoms with Gasteiger partial charge in [-0.05, 0) is 31.5 Å². The van der Waals surface area contributed by atoms with Crippen LogP contribution in [0.3, 0.4) is 0 Å². The summed E-state index contributed by atoms with van der Waals surface area (Å²) >= 11 is 6.07. The highest BCUT2D eigenvalue weighted by atomic mass is 35.5. The van der Waals surface area contributed by atoms with Gasteiger partial charge in [0.1, 0.15) is 0 Å². The first kappa shape index (κ1) is 15.3. The largest absolute Gasteiger partial charge is 0.381 e. The molecule has 0 saturated carbocycles. The molecule has 1 rings (SSSR count). The Morgan fingerprint density at radius 2 is 2.06 bits per heavy atom. The first-order chi connectivity index (χ1) is 8.34. The summed E-state index contributed by atoms with van der Waals surface area (Å²) in [7, 11) is -3.19.